The summed E-state index contributed by atoms with van der Waals surface area (Å²) in [7, 11) is 0. The topological polar surface area (TPSA) is 33.2 Å². The van der Waals surface area contributed by atoms with E-state index in [-0.39, 0.29) is 11.7 Å². The Balaban J connectivity index is 1.80. The van der Waals surface area contributed by atoms with Crippen LogP contribution in [0.2, 0.25) is 0 Å². The molecule has 1 aliphatic rings. The smallest absolute Gasteiger partial charge is 0.222 e. The van der Waals surface area contributed by atoms with E-state index in [2.05, 4.69) is 6.07 Å². The fourth-order valence-corrected chi connectivity index (χ4v) is 3.36. The van der Waals surface area contributed by atoms with Crippen LogP contribution in [0.5, 0.6) is 0 Å². The first-order valence-corrected chi connectivity index (χ1v) is 8.59. The number of nitrogens with zero attached hydrogens (tertiary/aromatic N) is 2. The number of pyridine rings is 1. The number of carbonyl (C=O) groups is 1. The van der Waals surface area contributed by atoms with Gasteiger partial charge in [-0.2, -0.15) is 0 Å². The third-order valence-corrected chi connectivity index (χ3v) is 4.72. The summed E-state index contributed by atoms with van der Waals surface area (Å²) in [6.07, 6.45) is 2.47. The molecule has 24 heavy (non-hydrogen) atoms. The number of halogens is 1. The summed E-state index contributed by atoms with van der Waals surface area (Å²) < 4.78 is 13.1. The molecule has 3 nitrogen and oxygen atoms in total. The van der Waals surface area contributed by atoms with Gasteiger partial charge in [-0.15, -0.1) is 0 Å². The van der Waals surface area contributed by atoms with Crippen LogP contribution >= 0.6 is 0 Å². The van der Waals surface area contributed by atoms with Crippen molar-refractivity contribution in [3.63, 3.8) is 0 Å². The van der Waals surface area contributed by atoms with Gasteiger partial charge in [0, 0.05) is 36.8 Å². The molecule has 1 aromatic heterocycles. The normalized spacial score (nSPS) is 15.5. The van der Waals surface area contributed by atoms with E-state index < -0.39 is 0 Å². The highest BCUT2D eigenvalue weighted by atomic mass is 19.1. The quantitative estimate of drug-likeness (QED) is 0.842. The maximum absolute atomic E-state index is 13.1. The summed E-state index contributed by atoms with van der Waals surface area (Å²) in [5.41, 5.74) is 4.13. The van der Waals surface area contributed by atoms with E-state index >= 15 is 0 Å². The third-order valence-electron chi connectivity index (χ3n) is 4.72. The van der Waals surface area contributed by atoms with E-state index in [4.69, 9.17) is 4.98 Å². The molecule has 2 aromatic rings. The lowest BCUT2D eigenvalue weighted by Gasteiger charge is -2.32. The van der Waals surface area contributed by atoms with E-state index in [1.165, 1.54) is 12.1 Å². The fourth-order valence-electron chi connectivity index (χ4n) is 3.36. The summed E-state index contributed by atoms with van der Waals surface area (Å²) in [6, 6.07) is 10.7. The van der Waals surface area contributed by atoms with Gasteiger partial charge in [-0.25, -0.2) is 4.39 Å². The molecular formula is C20H23FN2O. The second kappa shape index (κ2) is 7.12. The number of rotatable bonds is 3. The standard InChI is InChI=1S/C20H23FN2O/c1-3-20(24)23-10-8-16(9-11-23)19-13-17(12-14(2)22-19)15-4-6-18(21)7-5-15/h4-7,12-13,16H,3,8-11H2,1-2H3. The van der Waals surface area contributed by atoms with Crippen LogP contribution in [0.25, 0.3) is 11.1 Å². The van der Waals surface area contributed by atoms with Gasteiger partial charge in [0.25, 0.3) is 0 Å². The lowest BCUT2D eigenvalue weighted by molar-refractivity contribution is -0.131. The number of aryl methyl sites for hydroxylation is 1. The van der Waals surface area contributed by atoms with Crippen molar-refractivity contribution in [3.05, 3.63) is 53.6 Å². The molecule has 1 fully saturated rings. The Morgan fingerprint density at radius 1 is 1.17 bits per heavy atom. The molecule has 1 aliphatic heterocycles. The van der Waals surface area contributed by atoms with Gasteiger partial charge in [-0.05, 0) is 55.2 Å². The van der Waals surface area contributed by atoms with E-state index in [0.717, 1.165) is 48.4 Å². The molecule has 0 aliphatic carbocycles. The highest BCUT2D eigenvalue weighted by molar-refractivity contribution is 5.75. The third kappa shape index (κ3) is 3.64. The molecule has 0 saturated carbocycles. The Bertz CT molecular complexity index is 719. The molecule has 4 heteroatoms. The SMILES string of the molecule is CCC(=O)N1CCC(c2cc(-c3ccc(F)cc3)cc(C)n2)CC1. The first-order valence-electron chi connectivity index (χ1n) is 8.59. The fraction of sp³-hybridized carbons (Fsp3) is 0.400. The van der Waals surface area contributed by atoms with Gasteiger partial charge < -0.3 is 4.90 Å². The highest BCUT2D eigenvalue weighted by Gasteiger charge is 2.24. The molecule has 3 rings (SSSR count). The zero-order valence-electron chi connectivity index (χ0n) is 14.3. The number of piperidine rings is 1. The van der Waals surface area contributed by atoms with Crippen molar-refractivity contribution in [1.29, 1.82) is 0 Å². The molecule has 0 spiro atoms. The van der Waals surface area contributed by atoms with E-state index in [1.54, 1.807) is 12.1 Å². The number of aromatic nitrogens is 1. The van der Waals surface area contributed by atoms with Crippen molar-refractivity contribution in [2.24, 2.45) is 0 Å². The van der Waals surface area contributed by atoms with E-state index in [9.17, 15) is 9.18 Å². The van der Waals surface area contributed by atoms with Gasteiger partial charge in [0.15, 0.2) is 0 Å². The first kappa shape index (κ1) is 16.6. The first-order chi connectivity index (χ1) is 11.6. The lowest BCUT2D eigenvalue weighted by Crippen LogP contribution is -2.37. The minimum absolute atomic E-state index is 0.224. The van der Waals surface area contributed by atoms with Crippen molar-refractivity contribution in [1.82, 2.24) is 9.88 Å². The molecule has 1 saturated heterocycles. The predicted octanol–water partition coefficient (Wildman–Crippen LogP) is 4.31. The Kier molecular flexibility index (Phi) is 4.93. The monoisotopic (exact) mass is 326 g/mol. The number of benzene rings is 1. The van der Waals surface area contributed by atoms with Crippen LogP contribution in [-0.2, 0) is 4.79 Å². The van der Waals surface area contributed by atoms with Crippen LogP contribution in [-0.4, -0.2) is 28.9 Å². The molecule has 2 heterocycles. The average molecular weight is 326 g/mol. The lowest BCUT2D eigenvalue weighted by atomic mass is 9.91. The van der Waals surface area contributed by atoms with Gasteiger partial charge in [0.2, 0.25) is 5.91 Å². The zero-order chi connectivity index (χ0) is 17.1. The second-order valence-corrected chi connectivity index (χ2v) is 6.44. The van der Waals surface area contributed by atoms with Gasteiger partial charge in [-0.1, -0.05) is 19.1 Å². The minimum Gasteiger partial charge on any atom is -0.343 e. The molecule has 0 unspecified atom stereocenters. The van der Waals surface area contributed by atoms with E-state index in [0.29, 0.717) is 12.3 Å². The van der Waals surface area contributed by atoms with Crippen LogP contribution in [0.3, 0.4) is 0 Å². The number of amides is 1. The van der Waals surface area contributed by atoms with Crippen molar-refractivity contribution in [2.45, 2.75) is 39.0 Å². The predicted molar refractivity (Wildman–Crippen MR) is 93.2 cm³/mol. The summed E-state index contributed by atoms with van der Waals surface area (Å²) in [5.74, 6) is 0.389. The van der Waals surface area contributed by atoms with Crippen LogP contribution in [0, 0.1) is 12.7 Å². The molecule has 0 N–H and O–H groups in total. The maximum atomic E-state index is 13.1. The number of likely N-dealkylation sites (tertiary alicyclic amines) is 1. The van der Waals surface area contributed by atoms with Crippen molar-refractivity contribution in [2.75, 3.05) is 13.1 Å². The number of hydrogen-bond donors (Lipinski definition) is 0. The molecule has 0 atom stereocenters. The van der Waals surface area contributed by atoms with Gasteiger partial charge >= 0.3 is 0 Å². The summed E-state index contributed by atoms with van der Waals surface area (Å²) >= 11 is 0. The van der Waals surface area contributed by atoms with Gasteiger partial charge in [-0.3, -0.25) is 9.78 Å². The van der Waals surface area contributed by atoms with Gasteiger partial charge in [0.1, 0.15) is 5.82 Å². The Morgan fingerprint density at radius 3 is 2.46 bits per heavy atom. The summed E-state index contributed by atoms with van der Waals surface area (Å²) in [6.45, 7) is 5.51. The largest absolute Gasteiger partial charge is 0.343 e. The van der Waals surface area contributed by atoms with Crippen molar-refractivity contribution >= 4 is 5.91 Å². The zero-order valence-corrected chi connectivity index (χ0v) is 14.3. The van der Waals surface area contributed by atoms with E-state index in [1.807, 2.05) is 24.8 Å². The Morgan fingerprint density at radius 2 is 1.83 bits per heavy atom. The Hall–Kier alpha value is -2.23. The molecule has 1 aromatic carbocycles. The van der Waals surface area contributed by atoms with Crippen LogP contribution < -0.4 is 0 Å². The van der Waals surface area contributed by atoms with Crippen LogP contribution in [0.15, 0.2) is 36.4 Å². The van der Waals surface area contributed by atoms with Crippen LogP contribution in [0.4, 0.5) is 4.39 Å². The average Bonchev–Trinajstić information content (AvgIpc) is 2.61. The molecule has 0 radical (unpaired) electrons. The minimum atomic E-state index is -0.224. The summed E-state index contributed by atoms with van der Waals surface area (Å²) in [5, 5.41) is 0. The summed E-state index contributed by atoms with van der Waals surface area (Å²) in [4.78, 5) is 18.5. The molecular weight excluding hydrogens is 303 g/mol. The second-order valence-electron chi connectivity index (χ2n) is 6.44. The molecule has 1 amide bonds. The van der Waals surface area contributed by atoms with Crippen molar-refractivity contribution in [3.8, 4) is 11.1 Å². The molecule has 126 valence electrons. The van der Waals surface area contributed by atoms with Crippen LogP contribution in [0.1, 0.15) is 43.5 Å². The maximum Gasteiger partial charge on any atom is 0.222 e. The number of carbonyl (C=O) groups excluding carboxylic acids is 1. The molecule has 0 bridgehead atoms. The highest BCUT2D eigenvalue weighted by Crippen LogP contribution is 2.30. The Labute approximate surface area is 142 Å². The number of hydrogen-bond acceptors (Lipinski definition) is 2. The van der Waals surface area contributed by atoms with Gasteiger partial charge in [0.05, 0.1) is 0 Å². The van der Waals surface area contributed by atoms with Crippen molar-refractivity contribution < 1.29 is 9.18 Å².